The van der Waals surface area contributed by atoms with Crippen LogP contribution in [0.2, 0.25) is 0 Å². The van der Waals surface area contributed by atoms with Crippen molar-refractivity contribution < 1.29 is 8.42 Å². The molecule has 0 saturated carbocycles. The lowest BCUT2D eigenvalue weighted by atomic mass is 10.0. The molecule has 3 rings (SSSR count). The zero-order chi connectivity index (χ0) is 15.4. The summed E-state index contributed by atoms with van der Waals surface area (Å²) in [4.78, 5) is 4.61. The summed E-state index contributed by atoms with van der Waals surface area (Å²) in [7, 11) is -1.14. The molecule has 0 aliphatic carbocycles. The first-order chi connectivity index (χ1) is 9.81. The number of nitrogens with zero attached hydrogens (tertiary/aromatic N) is 4. The molecule has 0 radical (unpaired) electrons. The second kappa shape index (κ2) is 4.71. The van der Waals surface area contributed by atoms with Gasteiger partial charge in [-0.15, -0.1) is 11.6 Å². The van der Waals surface area contributed by atoms with Gasteiger partial charge in [0.25, 0.3) is 0 Å². The van der Waals surface area contributed by atoms with Crippen molar-refractivity contribution in [2.24, 2.45) is 7.05 Å². The highest BCUT2D eigenvalue weighted by atomic mass is 35.5. The Bertz CT molecular complexity index is 808. The van der Waals surface area contributed by atoms with Crippen molar-refractivity contribution in [2.45, 2.75) is 38.1 Å². The minimum atomic E-state index is -3.01. The molecule has 21 heavy (non-hydrogen) atoms. The van der Waals surface area contributed by atoms with Crippen LogP contribution in [0.1, 0.15) is 31.8 Å². The topological polar surface area (TPSA) is 69.8 Å². The molecule has 0 bridgehead atoms. The second-order valence-electron chi connectivity index (χ2n) is 5.93. The van der Waals surface area contributed by atoms with E-state index in [9.17, 15) is 8.42 Å². The highest BCUT2D eigenvalue weighted by Gasteiger charge is 2.42. The number of imidazole rings is 1. The van der Waals surface area contributed by atoms with E-state index in [-0.39, 0.29) is 17.4 Å². The maximum Gasteiger partial charge on any atom is 0.159 e. The Labute approximate surface area is 129 Å². The van der Waals surface area contributed by atoms with Gasteiger partial charge in [-0.3, -0.25) is 4.68 Å². The van der Waals surface area contributed by atoms with Crippen LogP contribution in [0.15, 0.2) is 0 Å². The largest absolute Gasteiger partial charge is 0.305 e. The number of hydrogen-bond acceptors (Lipinski definition) is 4. The summed E-state index contributed by atoms with van der Waals surface area (Å²) in [5.74, 6) is 1.31. The quantitative estimate of drug-likeness (QED) is 0.802. The third-order valence-corrected chi connectivity index (χ3v) is 6.38. The van der Waals surface area contributed by atoms with E-state index < -0.39 is 15.4 Å². The summed E-state index contributed by atoms with van der Waals surface area (Å²) in [6.07, 6.45) is 1.36. The molecular formula is C13H19ClN4O2S. The number of sulfone groups is 1. The monoisotopic (exact) mass is 330 g/mol. The third kappa shape index (κ3) is 2.17. The first-order valence-electron chi connectivity index (χ1n) is 7.01. The highest BCUT2D eigenvalue weighted by Crippen LogP contribution is 2.36. The summed E-state index contributed by atoms with van der Waals surface area (Å²) in [6.45, 7) is 4.00. The Morgan fingerprint density at radius 3 is 2.67 bits per heavy atom. The van der Waals surface area contributed by atoms with Gasteiger partial charge in [-0.2, -0.15) is 5.10 Å². The van der Waals surface area contributed by atoms with Crippen LogP contribution in [-0.4, -0.2) is 39.3 Å². The molecule has 6 nitrogen and oxygen atoms in total. The van der Waals surface area contributed by atoms with E-state index in [1.165, 1.54) is 0 Å². The van der Waals surface area contributed by atoms with Crippen LogP contribution in [0.25, 0.3) is 11.2 Å². The van der Waals surface area contributed by atoms with E-state index in [0.29, 0.717) is 12.2 Å². The summed E-state index contributed by atoms with van der Waals surface area (Å²) in [5, 5.41) is 4.48. The molecule has 3 heterocycles. The van der Waals surface area contributed by atoms with Crippen LogP contribution in [0.3, 0.4) is 0 Å². The molecule has 1 atom stereocenters. The number of aryl methyl sites for hydroxylation is 2. The Hall–Kier alpha value is -1.08. The van der Waals surface area contributed by atoms with Crippen LogP contribution in [0, 0.1) is 0 Å². The molecule has 1 aliphatic rings. The van der Waals surface area contributed by atoms with Gasteiger partial charge in [0, 0.05) is 7.05 Å². The van der Waals surface area contributed by atoms with E-state index >= 15 is 0 Å². The Kier molecular flexibility index (Phi) is 3.33. The number of halogens is 1. The molecule has 116 valence electrons. The molecule has 0 spiro atoms. The van der Waals surface area contributed by atoms with Crippen LogP contribution >= 0.6 is 11.6 Å². The van der Waals surface area contributed by atoms with Gasteiger partial charge in [-0.1, -0.05) is 6.92 Å². The fraction of sp³-hybridized carbons (Fsp3) is 0.692. The van der Waals surface area contributed by atoms with Crippen molar-refractivity contribution in [1.82, 2.24) is 19.3 Å². The molecule has 2 aromatic rings. The first kappa shape index (κ1) is 14.8. The molecular weight excluding hydrogens is 312 g/mol. The van der Waals surface area contributed by atoms with Gasteiger partial charge in [0.15, 0.2) is 15.5 Å². The van der Waals surface area contributed by atoms with Gasteiger partial charge in [0.2, 0.25) is 0 Å². The summed E-state index contributed by atoms with van der Waals surface area (Å²) in [6, 6.07) is 0. The van der Waals surface area contributed by atoms with Crippen LogP contribution < -0.4 is 0 Å². The van der Waals surface area contributed by atoms with Gasteiger partial charge < -0.3 is 4.57 Å². The predicted octanol–water partition coefficient (Wildman–Crippen LogP) is 1.60. The van der Waals surface area contributed by atoms with Crippen molar-refractivity contribution in [3.8, 4) is 0 Å². The molecule has 1 unspecified atom stereocenters. The SMILES string of the molecule is CCc1nn(C)c2c1nc(CCl)n2C1(C)CCS(=O)(=O)C1. The maximum absolute atomic E-state index is 11.9. The molecule has 0 amide bonds. The average molecular weight is 331 g/mol. The van der Waals surface area contributed by atoms with Gasteiger partial charge in [0.05, 0.1) is 28.6 Å². The van der Waals surface area contributed by atoms with E-state index in [1.807, 2.05) is 25.5 Å². The zero-order valence-corrected chi connectivity index (χ0v) is 14.0. The minimum Gasteiger partial charge on any atom is -0.305 e. The van der Waals surface area contributed by atoms with Crippen molar-refractivity contribution in [2.75, 3.05) is 11.5 Å². The van der Waals surface area contributed by atoms with E-state index in [1.54, 1.807) is 4.68 Å². The van der Waals surface area contributed by atoms with E-state index in [2.05, 4.69) is 10.1 Å². The lowest BCUT2D eigenvalue weighted by molar-refractivity contribution is 0.361. The smallest absolute Gasteiger partial charge is 0.159 e. The second-order valence-corrected chi connectivity index (χ2v) is 8.38. The lowest BCUT2D eigenvalue weighted by Crippen LogP contribution is -2.33. The molecule has 1 saturated heterocycles. The highest BCUT2D eigenvalue weighted by molar-refractivity contribution is 7.91. The molecule has 1 fully saturated rings. The van der Waals surface area contributed by atoms with Crippen molar-refractivity contribution >= 4 is 32.6 Å². The lowest BCUT2D eigenvalue weighted by Gasteiger charge is -2.27. The minimum absolute atomic E-state index is 0.127. The number of hydrogen-bond donors (Lipinski definition) is 0. The number of fused-ring (bicyclic) bond motifs is 1. The summed E-state index contributed by atoms with van der Waals surface area (Å²) >= 11 is 6.06. The average Bonchev–Trinajstić information content (AvgIpc) is 3.02. The predicted molar refractivity (Wildman–Crippen MR) is 82.4 cm³/mol. The fourth-order valence-electron chi connectivity index (χ4n) is 3.29. The van der Waals surface area contributed by atoms with Crippen LogP contribution in [-0.2, 0) is 34.7 Å². The third-order valence-electron chi connectivity index (χ3n) is 4.25. The maximum atomic E-state index is 11.9. The normalized spacial score (nSPS) is 25.0. The number of alkyl halides is 1. The van der Waals surface area contributed by atoms with Crippen molar-refractivity contribution in [1.29, 1.82) is 0 Å². The standard InChI is InChI=1S/C13H19ClN4O2S/c1-4-9-11-12(17(3)16-9)18(10(7-14)15-11)13(2)5-6-21(19,20)8-13/h4-8H2,1-3H3. The van der Waals surface area contributed by atoms with Crippen LogP contribution in [0.4, 0.5) is 0 Å². The van der Waals surface area contributed by atoms with E-state index in [4.69, 9.17) is 11.6 Å². The Morgan fingerprint density at radius 2 is 2.14 bits per heavy atom. The van der Waals surface area contributed by atoms with Crippen LogP contribution in [0.5, 0.6) is 0 Å². The van der Waals surface area contributed by atoms with Gasteiger partial charge in [-0.05, 0) is 19.8 Å². The van der Waals surface area contributed by atoms with E-state index in [0.717, 1.165) is 23.3 Å². The number of rotatable bonds is 3. The molecule has 1 aliphatic heterocycles. The summed E-state index contributed by atoms with van der Waals surface area (Å²) in [5.41, 5.74) is 2.11. The van der Waals surface area contributed by atoms with Gasteiger partial charge >= 0.3 is 0 Å². The molecule has 2 aromatic heterocycles. The molecule has 0 aromatic carbocycles. The van der Waals surface area contributed by atoms with Crippen molar-refractivity contribution in [3.05, 3.63) is 11.5 Å². The Balaban J connectivity index is 2.29. The Morgan fingerprint density at radius 1 is 1.43 bits per heavy atom. The summed E-state index contributed by atoms with van der Waals surface area (Å²) < 4.78 is 27.6. The van der Waals surface area contributed by atoms with Crippen molar-refractivity contribution in [3.63, 3.8) is 0 Å². The molecule has 0 N–H and O–H groups in total. The first-order valence-corrected chi connectivity index (χ1v) is 9.37. The van der Waals surface area contributed by atoms with Gasteiger partial charge in [-0.25, -0.2) is 13.4 Å². The number of aromatic nitrogens is 4. The molecule has 8 heteroatoms. The van der Waals surface area contributed by atoms with Gasteiger partial charge in [0.1, 0.15) is 11.3 Å². The zero-order valence-electron chi connectivity index (χ0n) is 12.4. The fourth-order valence-corrected chi connectivity index (χ4v) is 5.58.